The molecule has 0 aliphatic carbocycles. The molecule has 0 atom stereocenters. The normalized spacial score (nSPS) is 10.5. The molecule has 0 radical (unpaired) electrons. The Morgan fingerprint density at radius 2 is 1.85 bits per heavy atom. The van der Waals surface area contributed by atoms with Crippen molar-refractivity contribution < 1.29 is 0 Å². The molecule has 0 saturated carbocycles. The van der Waals surface area contributed by atoms with Gasteiger partial charge in [0.25, 0.3) is 0 Å². The summed E-state index contributed by atoms with van der Waals surface area (Å²) < 4.78 is 0.961. The highest BCUT2D eigenvalue weighted by Crippen LogP contribution is 2.19. The minimum atomic E-state index is 0.545. The highest BCUT2D eigenvalue weighted by molar-refractivity contribution is 8.24. The van der Waals surface area contributed by atoms with Gasteiger partial charge < -0.3 is 0 Å². The lowest BCUT2D eigenvalue weighted by atomic mass is 10.2. The van der Waals surface area contributed by atoms with Gasteiger partial charge >= 0.3 is 0 Å². The fourth-order valence-electron chi connectivity index (χ4n) is 0.880. The molecule has 0 nitrogen and oxygen atoms in total. The second kappa shape index (κ2) is 5.03. The van der Waals surface area contributed by atoms with Crippen LogP contribution < -0.4 is 0 Å². The summed E-state index contributed by atoms with van der Waals surface area (Å²) in [5.74, 6) is 0. The second-order valence-electron chi connectivity index (χ2n) is 3.00. The standard InChI is InChI=1S/C10H12S3/c1-7(2)13-10(12)8-3-5-9(11)6-4-8/h3-7,11H,1-2H3. The topological polar surface area (TPSA) is 0 Å². The lowest BCUT2D eigenvalue weighted by Crippen LogP contribution is -1.97. The number of thiol groups is 1. The third-order valence-corrected chi connectivity index (χ3v) is 3.19. The molecule has 1 rings (SSSR count). The first-order valence-electron chi connectivity index (χ1n) is 4.09. The molecule has 0 aliphatic heterocycles. The molecule has 0 N–H and O–H groups in total. The van der Waals surface area contributed by atoms with E-state index >= 15 is 0 Å². The van der Waals surface area contributed by atoms with E-state index < -0.39 is 0 Å². The van der Waals surface area contributed by atoms with E-state index in [1.165, 1.54) is 0 Å². The average Bonchev–Trinajstić information content (AvgIpc) is 2.04. The van der Waals surface area contributed by atoms with E-state index in [1.807, 2.05) is 24.3 Å². The van der Waals surface area contributed by atoms with Gasteiger partial charge in [-0.1, -0.05) is 38.2 Å². The van der Waals surface area contributed by atoms with E-state index in [4.69, 9.17) is 12.2 Å². The minimum Gasteiger partial charge on any atom is -0.143 e. The van der Waals surface area contributed by atoms with Gasteiger partial charge in [-0.15, -0.1) is 24.4 Å². The van der Waals surface area contributed by atoms with Crippen LogP contribution in [0.5, 0.6) is 0 Å². The quantitative estimate of drug-likeness (QED) is 0.604. The Kier molecular flexibility index (Phi) is 4.29. The summed E-state index contributed by atoms with van der Waals surface area (Å²) in [5.41, 5.74) is 1.12. The Balaban J connectivity index is 2.72. The van der Waals surface area contributed by atoms with Crippen LogP contribution in [0.25, 0.3) is 0 Å². The van der Waals surface area contributed by atoms with Crippen molar-refractivity contribution in [1.82, 2.24) is 0 Å². The van der Waals surface area contributed by atoms with Crippen molar-refractivity contribution in [3.8, 4) is 0 Å². The average molecular weight is 228 g/mol. The number of thioether (sulfide) groups is 1. The summed E-state index contributed by atoms with van der Waals surface area (Å²) in [6, 6.07) is 7.96. The Labute approximate surface area is 94.5 Å². The van der Waals surface area contributed by atoms with Crippen molar-refractivity contribution in [2.75, 3.05) is 0 Å². The number of benzene rings is 1. The van der Waals surface area contributed by atoms with Crippen LogP contribution in [0.2, 0.25) is 0 Å². The van der Waals surface area contributed by atoms with Gasteiger partial charge in [0.2, 0.25) is 0 Å². The smallest absolute Gasteiger partial charge is 0.0780 e. The van der Waals surface area contributed by atoms with Crippen LogP contribution in [-0.2, 0) is 0 Å². The molecule has 0 amide bonds. The van der Waals surface area contributed by atoms with E-state index in [-0.39, 0.29) is 0 Å². The molecular weight excluding hydrogens is 216 g/mol. The molecule has 0 unspecified atom stereocenters. The Morgan fingerprint density at radius 3 is 2.31 bits per heavy atom. The lowest BCUT2D eigenvalue weighted by molar-refractivity contribution is 1.12. The van der Waals surface area contributed by atoms with E-state index in [9.17, 15) is 0 Å². The summed E-state index contributed by atoms with van der Waals surface area (Å²) in [6.07, 6.45) is 0. The number of hydrogen-bond donors (Lipinski definition) is 1. The van der Waals surface area contributed by atoms with Gasteiger partial charge in [0.1, 0.15) is 0 Å². The van der Waals surface area contributed by atoms with Gasteiger partial charge in [-0.2, -0.15) is 0 Å². The Bertz CT molecular complexity index is 288. The van der Waals surface area contributed by atoms with Crippen LogP contribution in [0, 0.1) is 0 Å². The van der Waals surface area contributed by atoms with Gasteiger partial charge in [0.15, 0.2) is 0 Å². The van der Waals surface area contributed by atoms with Crippen LogP contribution in [0.15, 0.2) is 29.2 Å². The lowest BCUT2D eigenvalue weighted by Gasteiger charge is -2.06. The van der Waals surface area contributed by atoms with Gasteiger partial charge in [-0.05, 0) is 17.7 Å². The Morgan fingerprint density at radius 1 is 1.31 bits per heavy atom. The van der Waals surface area contributed by atoms with E-state index in [0.717, 1.165) is 14.7 Å². The van der Waals surface area contributed by atoms with Gasteiger partial charge in [0, 0.05) is 10.1 Å². The van der Waals surface area contributed by atoms with E-state index in [1.54, 1.807) is 11.8 Å². The molecule has 3 heteroatoms. The molecule has 1 aromatic rings. The maximum absolute atomic E-state index is 5.28. The van der Waals surface area contributed by atoms with Crippen LogP contribution in [-0.4, -0.2) is 9.45 Å². The van der Waals surface area contributed by atoms with Crippen LogP contribution in [0.1, 0.15) is 19.4 Å². The molecule has 13 heavy (non-hydrogen) atoms. The summed E-state index contributed by atoms with van der Waals surface area (Å²) in [6.45, 7) is 4.29. The van der Waals surface area contributed by atoms with Crippen molar-refractivity contribution >= 4 is 40.8 Å². The zero-order valence-electron chi connectivity index (χ0n) is 7.65. The molecule has 0 saturated heterocycles. The fraction of sp³-hybridized carbons (Fsp3) is 0.300. The third-order valence-electron chi connectivity index (χ3n) is 1.45. The van der Waals surface area contributed by atoms with Gasteiger partial charge in [0.05, 0.1) is 4.20 Å². The predicted molar refractivity (Wildman–Crippen MR) is 68.1 cm³/mol. The zero-order chi connectivity index (χ0) is 9.84. The van der Waals surface area contributed by atoms with Crippen LogP contribution in [0.3, 0.4) is 0 Å². The number of thiocarbonyl (C=S) groups is 1. The second-order valence-corrected chi connectivity index (χ2v) is 5.77. The van der Waals surface area contributed by atoms with Crippen molar-refractivity contribution in [3.05, 3.63) is 29.8 Å². The third kappa shape index (κ3) is 3.71. The maximum atomic E-state index is 5.28. The first-order valence-corrected chi connectivity index (χ1v) is 5.83. The van der Waals surface area contributed by atoms with Crippen LogP contribution in [0.4, 0.5) is 0 Å². The highest BCUT2D eigenvalue weighted by Gasteiger charge is 2.03. The highest BCUT2D eigenvalue weighted by atomic mass is 32.2. The summed E-state index contributed by atoms with van der Waals surface area (Å²) >= 11 is 11.2. The number of hydrogen-bond acceptors (Lipinski definition) is 3. The van der Waals surface area contributed by atoms with Crippen molar-refractivity contribution in [1.29, 1.82) is 0 Å². The number of rotatable bonds is 2. The molecule has 1 aromatic carbocycles. The van der Waals surface area contributed by atoms with Crippen LogP contribution >= 0.6 is 36.6 Å². The summed E-state index contributed by atoms with van der Waals surface area (Å²) in [4.78, 5) is 0.973. The van der Waals surface area contributed by atoms with E-state index in [0.29, 0.717) is 5.25 Å². The van der Waals surface area contributed by atoms with Crippen molar-refractivity contribution in [3.63, 3.8) is 0 Å². The predicted octanol–water partition coefficient (Wildman–Crippen LogP) is 3.79. The molecule has 0 heterocycles. The van der Waals surface area contributed by atoms with Gasteiger partial charge in [-0.3, -0.25) is 0 Å². The first kappa shape index (κ1) is 11.1. The first-order chi connectivity index (χ1) is 6.09. The van der Waals surface area contributed by atoms with Crippen molar-refractivity contribution in [2.45, 2.75) is 24.0 Å². The maximum Gasteiger partial charge on any atom is 0.0780 e. The Hall–Kier alpha value is 0.01000. The summed E-state index contributed by atoms with van der Waals surface area (Å²) in [5, 5.41) is 0.545. The zero-order valence-corrected chi connectivity index (χ0v) is 10.2. The molecule has 0 aromatic heterocycles. The molecular formula is C10H12S3. The SMILES string of the molecule is CC(C)SC(=S)c1ccc(S)cc1. The largest absolute Gasteiger partial charge is 0.143 e. The molecule has 0 fully saturated rings. The molecule has 0 bridgehead atoms. The molecule has 0 spiro atoms. The fourth-order valence-corrected chi connectivity index (χ4v) is 2.44. The molecule has 0 aliphatic rings. The monoisotopic (exact) mass is 228 g/mol. The van der Waals surface area contributed by atoms with Gasteiger partial charge in [-0.25, -0.2) is 0 Å². The molecule has 70 valence electrons. The summed E-state index contributed by atoms with van der Waals surface area (Å²) in [7, 11) is 0. The van der Waals surface area contributed by atoms with E-state index in [2.05, 4.69) is 26.5 Å². The minimum absolute atomic E-state index is 0.545. The van der Waals surface area contributed by atoms with Crippen molar-refractivity contribution in [2.24, 2.45) is 0 Å².